The second kappa shape index (κ2) is 4.08. The smallest absolute Gasteiger partial charge is 0.242 e. The second-order valence-corrected chi connectivity index (χ2v) is 3.79. The van der Waals surface area contributed by atoms with Gasteiger partial charge in [-0.05, 0) is 19.1 Å². The SMILES string of the molecule is CC1C(=O)NCCN1c1cc(F)cc(F)c1. The molecule has 1 amide bonds. The molecule has 1 fully saturated rings. The molecule has 0 spiro atoms. The van der Waals surface area contributed by atoms with Crippen LogP contribution in [0.3, 0.4) is 0 Å². The lowest BCUT2D eigenvalue weighted by molar-refractivity contribution is -0.122. The number of hydrogen-bond acceptors (Lipinski definition) is 2. The number of nitrogens with one attached hydrogen (secondary N) is 1. The largest absolute Gasteiger partial charge is 0.358 e. The number of rotatable bonds is 1. The molecule has 1 aliphatic heterocycles. The van der Waals surface area contributed by atoms with Crippen LogP contribution in [0.2, 0.25) is 0 Å². The molecule has 2 rings (SSSR count). The lowest BCUT2D eigenvalue weighted by Crippen LogP contribution is -2.54. The Bertz CT molecular complexity index is 402. The van der Waals surface area contributed by atoms with Crippen molar-refractivity contribution in [2.75, 3.05) is 18.0 Å². The van der Waals surface area contributed by atoms with Crippen LogP contribution in [-0.4, -0.2) is 25.0 Å². The zero-order valence-corrected chi connectivity index (χ0v) is 8.84. The van der Waals surface area contributed by atoms with Crippen molar-refractivity contribution in [3.05, 3.63) is 29.8 Å². The fourth-order valence-corrected chi connectivity index (χ4v) is 1.84. The van der Waals surface area contributed by atoms with Gasteiger partial charge < -0.3 is 10.2 Å². The lowest BCUT2D eigenvalue weighted by atomic mass is 10.1. The Kier molecular flexibility index (Phi) is 2.77. The molecule has 86 valence electrons. The summed E-state index contributed by atoms with van der Waals surface area (Å²) in [5.41, 5.74) is 0.403. The maximum Gasteiger partial charge on any atom is 0.242 e. The van der Waals surface area contributed by atoms with E-state index in [1.165, 1.54) is 12.1 Å². The van der Waals surface area contributed by atoms with Crippen LogP contribution in [0.1, 0.15) is 6.92 Å². The van der Waals surface area contributed by atoms with E-state index in [0.29, 0.717) is 18.8 Å². The quantitative estimate of drug-likeness (QED) is 0.782. The van der Waals surface area contributed by atoms with Gasteiger partial charge in [-0.15, -0.1) is 0 Å². The molecule has 1 atom stereocenters. The van der Waals surface area contributed by atoms with E-state index >= 15 is 0 Å². The summed E-state index contributed by atoms with van der Waals surface area (Å²) < 4.78 is 26.1. The molecule has 1 saturated heterocycles. The molecule has 1 aromatic carbocycles. The van der Waals surface area contributed by atoms with Gasteiger partial charge in [0.15, 0.2) is 0 Å². The predicted octanol–water partition coefficient (Wildman–Crippen LogP) is 1.29. The van der Waals surface area contributed by atoms with Crippen LogP contribution in [-0.2, 0) is 4.79 Å². The van der Waals surface area contributed by atoms with Crippen LogP contribution in [0.5, 0.6) is 0 Å². The third kappa shape index (κ3) is 1.98. The minimum Gasteiger partial charge on any atom is -0.358 e. The number of piperazine rings is 1. The standard InChI is InChI=1S/C11H12F2N2O/c1-7-11(16)14-2-3-15(7)10-5-8(12)4-9(13)6-10/h4-7H,2-3H2,1H3,(H,14,16). The minimum absolute atomic E-state index is 0.129. The Morgan fingerprint density at radius 3 is 2.56 bits per heavy atom. The van der Waals surface area contributed by atoms with Crippen LogP contribution >= 0.6 is 0 Å². The van der Waals surface area contributed by atoms with E-state index in [-0.39, 0.29) is 5.91 Å². The van der Waals surface area contributed by atoms with Crippen LogP contribution < -0.4 is 10.2 Å². The van der Waals surface area contributed by atoms with Gasteiger partial charge in [0.25, 0.3) is 0 Å². The van der Waals surface area contributed by atoms with Gasteiger partial charge in [-0.3, -0.25) is 4.79 Å². The summed E-state index contributed by atoms with van der Waals surface area (Å²) in [5.74, 6) is -1.39. The van der Waals surface area contributed by atoms with Gasteiger partial charge in [0.05, 0.1) is 0 Å². The third-order valence-electron chi connectivity index (χ3n) is 2.68. The fraction of sp³-hybridized carbons (Fsp3) is 0.364. The van der Waals surface area contributed by atoms with Gasteiger partial charge in [0.2, 0.25) is 5.91 Å². The van der Waals surface area contributed by atoms with Crippen molar-refractivity contribution < 1.29 is 13.6 Å². The third-order valence-corrected chi connectivity index (χ3v) is 2.68. The summed E-state index contributed by atoms with van der Waals surface area (Å²) in [6.07, 6.45) is 0. The van der Waals surface area contributed by atoms with Gasteiger partial charge in [0.1, 0.15) is 17.7 Å². The van der Waals surface area contributed by atoms with Crippen molar-refractivity contribution in [1.82, 2.24) is 5.32 Å². The first-order chi connectivity index (χ1) is 7.58. The zero-order chi connectivity index (χ0) is 11.7. The first kappa shape index (κ1) is 10.9. The van der Waals surface area contributed by atoms with Crippen molar-refractivity contribution in [3.8, 4) is 0 Å². The molecule has 0 saturated carbocycles. The normalized spacial score (nSPS) is 20.8. The van der Waals surface area contributed by atoms with Crippen molar-refractivity contribution in [3.63, 3.8) is 0 Å². The maximum absolute atomic E-state index is 13.0. The summed E-state index contributed by atoms with van der Waals surface area (Å²) in [6, 6.07) is 2.88. The van der Waals surface area contributed by atoms with E-state index in [1.54, 1.807) is 11.8 Å². The molecule has 0 aliphatic carbocycles. The van der Waals surface area contributed by atoms with Gasteiger partial charge in [0, 0.05) is 24.8 Å². The maximum atomic E-state index is 13.0. The molecule has 1 aliphatic rings. The van der Waals surface area contributed by atoms with Crippen molar-refractivity contribution >= 4 is 11.6 Å². The topological polar surface area (TPSA) is 32.3 Å². The Labute approximate surface area is 92.1 Å². The van der Waals surface area contributed by atoms with Gasteiger partial charge >= 0.3 is 0 Å². The Morgan fingerprint density at radius 2 is 1.94 bits per heavy atom. The highest BCUT2D eigenvalue weighted by molar-refractivity contribution is 5.86. The summed E-state index contributed by atoms with van der Waals surface area (Å²) in [6.45, 7) is 2.74. The molecule has 1 N–H and O–H groups in total. The number of anilines is 1. The number of carbonyl (C=O) groups is 1. The van der Waals surface area contributed by atoms with Crippen molar-refractivity contribution in [1.29, 1.82) is 0 Å². The van der Waals surface area contributed by atoms with E-state index in [0.717, 1.165) is 6.07 Å². The van der Waals surface area contributed by atoms with Crippen LogP contribution in [0, 0.1) is 11.6 Å². The molecule has 5 heteroatoms. The van der Waals surface area contributed by atoms with Crippen LogP contribution in [0.15, 0.2) is 18.2 Å². The molecular formula is C11H12F2N2O. The molecule has 1 unspecified atom stereocenters. The van der Waals surface area contributed by atoms with E-state index < -0.39 is 17.7 Å². The molecule has 1 heterocycles. The van der Waals surface area contributed by atoms with E-state index in [2.05, 4.69) is 5.32 Å². The summed E-state index contributed by atoms with van der Waals surface area (Å²) in [7, 11) is 0. The first-order valence-corrected chi connectivity index (χ1v) is 5.08. The second-order valence-electron chi connectivity index (χ2n) is 3.79. The lowest BCUT2D eigenvalue weighted by Gasteiger charge is -2.34. The Balaban J connectivity index is 2.32. The Hall–Kier alpha value is -1.65. The Morgan fingerprint density at radius 1 is 1.31 bits per heavy atom. The highest BCUT2D eigenvalue weighted by atomic mass is 19.1. The molecular weight excluding hydrogens is 214 g/mol. The van der Waals surface area contributed by atoms with E-state index in [4.69, 9.17) is 0 Å². The number of carbonyl (C=O) groups excluding carboxylic acids is 1. The van der Waals surface area contributed by atoms with Gasteiger partial charge in [-0.25, -0.2) is 8.78 Å². The predicted molar refractivity (Wildman–Crippen MR) is 56.2 cm³/mol. The zero-order valence-electron chi connectivity index (χ0n) is 8.84. The minimum atomic E-state index is -0.631. The van der Waals surface area contributed by atoms with Gasteiger partial charge in [-0.1, -0.05) is 0 Å². The molecule has 1 aromatic rings. The number of benzene rings is 1. The van der Waals surface area contributed by atoms with Crippen molar-refractivity contribution in [2.24, 2.45) is 0 Å². The van der Waals surface area contributed by atoms with Crippen LogP contribution in [0.4, 0.5) is 14.5 Å². The molecule has 16 heavy (non-hydrogen) atoms. The highest BCUT2D eigenvalue weighted by Gasteiger charge is 2.26. The average molecular weight is 226 g/mol. The van der Waals surface area contributed by atoms with E-state index in [1.807, 2.05) is 0 Å². The summed E-state index contributed by atoms with van der Waals surface area (Å²) in [5, 5.41) is 2.69. The fourth-order valence-electron chi connectivity index (χ4n) is 1.84. The van der Waals surface area contributed by atoms with E-state index in [9.17, 15) is 13.6 Å². The monoisotopic (exact) mass is 226 g/mol. The highest BCUT2D eigenvalue weighted by Crippen LogP contribution is 2.21. The summed E-state index contributed by atoms with van der Waals surface area (Å²) in [4.78, 5) is 13.1. The number of halogens is 2. The van der Waals surface area contributed by atoms with Crippen LogP contribution in [0.25, 0.3) is 0 Å². The molecule has 3 nitrogen and oxygen atoms in total. The first-order valence-electron chi connectivity index (χ1n) is 5.08. The number of nitrogens with zero attached hydrogens (tertiary/aromatic N) is 1. The van der Waals surface area contributed by atoms with Gasteiger partial charge in [-0.2, -0.15) is 0 Å². The molecule has 0 bridgehead atoms. The van der Waals surface area contributed by atoms with Crippen molar-refractivity contribution in [2.45, 2.75) is 13.0 Å². The average Bonchev–Trinajstić information content (AvgIpc) is 2.20. The molecule has 0 aromatic heterocycles. The number of amides is 1. The number of hydrogen-bond donors (Lipinski definition) is 1. The molecule has 0 radical (unpaired) electrons. The summed E-state index contributed by atoms with van der Waals surface area (Å²) >= 11 is 0.